The van der Waals surface area contributed by atoms with E-state index in [1.807, 2.05) is 36.6 Å². The quantitative estimate of drug-likeness (QED) is 0.460. The largest absolute Gasteiger partial charge is 0.361 e. The molecule has 3 aromatic rings. The lowest BCUT2D eigenvalue weighted by atomic mass is 9.86. The number of hydrogen-bond donors (Lipinski definition) is 1. The summed E-state index contributed by atoms with van der Waals surface area (Å²) in [5, 5.41) is 9.53. The molecule has 2 heteroatoms. The predicted molar refractivity (Wildman–Crippen MR) is 133 cm³/mol. The van der Waals surface area contributed by atoms with Crippen molar-refractivity contribution in [2.75, 3.05) is 5.32 Å². The molecule has 1 nitrogen and oxygen atoms in total. The third kappa shape index (κ3) is 3.98. The molecule has 3 aromatic carbocycles. The molecule has 0 aromatic heterocycles. The Hall–Kier alpha value is -3.03. The molecule has 0 saturated carbocycles. The molecule has 1 N–H and O–H groups in total. The summed E-state index contributed by atoms with van der Waals surface area (Å²) >= 11 is 6.11. The van der Waals surface area contributed by atoms with Gasteiger partial charge < -0.3 is 5.32 Å². The van der Waals surface area contributed by atoms with Crippen molar-refractivity contribution in [3.8, 4) is 0 Å². The topological polar surface area (TPSA) is 12.0 Å². The van der Waals surface area contributed by atoms with Gasteiger partial charge in [0.05, 0.1) is 0 Å². The Morgan fingerprint density at radius 3 is 2.61 bits per heavy atom. The van der Waals surface area contributed by atoms with Crippen molar-refractivity contribution < 1.29 is 0 Å². The Kier molecular flexibility index (Phi) is 5.53. The minimum atomic E-state index is 0.825. The van der Waals surface area contributed by atoms with Gasteiger partial charge in [0.1, 0.15) is 0 Å². The fourth-order valence-electron chi connectivity index (χ4n) is 4.82. The van der Waals surface area contributed by atoms with Crippen LogP contribution in [0.4, 0.5) is 5.69 Å². The van der Waals surface area contributed by atoms with Crippen LogP contribution >= 0.6 is 11.6 Å². The first kappa shape index (κ1) is 19.9. The number of para-hydroxylation sites is 1. The smallest absolute Gasteiger partial charge is 0.0453 e. The SMILES string of the molecule is C1=CNc2ccccc2C=C1.CC1=c2ccc3c(c2CCC1)CC=c1cc(Cl)ccc1=3. The molecule has 0 fully saturated rings. The molecule has 0 atom stereocenters. The maximum Gasteiger partial charge on any atom is 0.0453 e. The molecule has 31 heavy (non-hydrogen) atoms. The van der Waals surface area contributed by atoms with Crippen LogP contribution in [-0.4, -0.2) is 0 Å². The summed E-state index contributed by atoms with van der Waals surface area (Å²) in [5.41, 5.74) is 7.07. The van der Waals surface area contributed by atoms with Crippen LogP contribution in [0.3, 0.4) is 0 Å². The third-order valence-electron chi connectivity index (χ3n) is 6.38. The molecule has 0 spiro atoms. The lowest BCUT2D eigenvalue weighted by Gasteiger charge is -2.18. The second kappa shape index (κ2) is 8.61. The Labute approximate surface area is 188 Å². The van der Waals surface area contributed by atoms with Crippen molar-refractivity contribution in [1.29, 1.82) is 0 Å². The first-order valence-corrected chi connectivity index (χ1v) is 11.4. The molecule has 1 aliphatic heterocycles. The van der Waals surface area contributed by atoms with Gasteiger partial charge in [-0.2, -0.15) is 0 Å². The van der Waals surface area contributed by atoms with Crippen LogP contribution in [0.2, 0.25) is 5.02 Å². The molecule has 0 radical (unpaired) electrons. The number of allylic oxidation sites excluding steroid dienone is 2. The lowest BCUT2D eigenvalue weighted by molar-refractivity contribution is 0.805. The highest BCUT2D eigenvalue weighted by Gasteiger charge is 2.13. The van der Waals surface area contributed by atoms with Crippen molar-refractivity contribution in [3.05, 3.63) is 116 Å². The van der Waals surface area contributed by atoms with E-state index >= 15 is 0 Å². The Morgan fingerprint density at radius 1 is 0.839 bits per heavy atom. The highest BCUT2D eigenvalue weighted by molar-refractivity contribution is 6.30. The zero-order valence-corrected chi connectivity index (χ0v) is 18.5. The second-order valence-electron chi connectivity index (χ2n) is 8.34. The van der Waals surface area contributed by atoms with E-state index in [9.17, 15) is 0 Å². The molecule has 3 aliphatic rings. The number of nitrogens with one attached hydrogen (secondary N) is 1. The Bertz CT molecular complexity index is 1430. The molecule has 0 amide bonds. The van der Waals surface area contributed by atoms with E-state index in [1.54, 1.807) is 11.1 Å². The summed E-state index contributed by atoms with van der Waals surface area (Å²) < 4.78 is 0. The average molecular weight is 424 g/mol. The van der Waals surface area contributed by atoms with Crippen LogP contribution in [-0.2, 0) is 12.8 Å². The number of halogens is 1. The molecule has 6 rings (SSSR count). The lowest BCUT2D eigenvalue weighted by Crippen LogP contribution is -2.21. The van der Waals surface area contributed by atoms with Crippen LogP contribution in [0.25, 0.3) is 17.7 Å². The summed E-state index contributed by atoms with van der Waals surface area (Å²) in [5.74, 6) is 0. The van der Waals surface area contributed by atoms with Crippen molar-refractivity contribution in [3.63, 3.8) is 0 Å². The zero-order chi connectivity index (χ0) is 21.2. The van der Waals surface area contributed by atoms with Crippen molar-refractivity contribution in [1.82, 2.24) is 0 Å². The van der Waals surface area contributed by atoms with Crippen LogP contribution in [0.1, 0.15) is 36.5 Å². The molecule has 0 saturated heterocycles. The summed E-state index contributed by atoms with van der Waals surface area (Å²) in [6.07, 6.45) is 15.2. The van der Waals surface area contributed by atoms with Crippen LogP contribution in [0.15, 0.2) is 72.9 Å². The first-order valence-electron chi connectivity index (χ1n) is 11.0. The van der Waals surface area contributed by atoms with Gasteiger partial charge in [-0.05, 0) is 94.4 Å². The molecule has 1 heterocycles. The maximum atomic E-state index is 6.11. The number of anilines is 1. The summed E-state index contributed by atoms with van der Waals surface area (Å²) in [6, 6.07) is 19.1. The molecule has 154 valence electrons. The third-order valence-corrected chi connectivity index (χ3v) is 6.62. The van der Waals surface area contributed by atoms with Gasteiger partial charge in [0.25, 0.3) is 0 Å². The Morgan fingerprint density at radius 2 is 1.68 bits per heavy atom. The van der Waals surface area contributed by atoms with Crippen molar-refractivity contribution in [2.24, 2.45) is 0 Å². The van der Waals surface area contributed by atoms with Gasteiger partial charge in [0.2, 0.25) is 0 Å². The Balaban J connectivity index is 0.000000157. The normalized spacial score (nSPS) is 15.1. The predicted octanol–water partition coefficient (Wildman–Crippen LogP) is 6.11. The molecule has 2 aliphatic carbocycles. The molecule has 0 bridgehead atoms. The number of rotatable bonds is 0. The summed E-state index contributed by atoms with van der Waals surface area (Å²) in [6.45, 7) is 2.28. The summed E-state index contributed by atoms with van der Waals surface area (Å²) in [7, 11) is 0. The summed E-state index contributed by atoms with van der Waals surface area (Å²) in [4.78, 5) is 0. The number of hydrogen-bond acceptors (Lipinski definition) is 1. The molecular formula is C29H26ClN. The van der Waals surface area contributed by atoms with Gasteiger partial charge in [-0.15, -0.1) is 0 Å². The first-order chi connectivity index (χ1) is 15.2. The van der Waals surface area contributed by atoms with E-state index in [4.69, 9.17) is 11.6 Å². The van der Waals surface area contributed by atoms with Gasteiger partial charge in [0, 0.05) is 16.9 Å². The van der Waals surface area contributed by atoms with Gasteiger partial charge >= 0.3 is 0 Å². The monoisotopic (exact) mass is 423 g/mol. The van der Waals surface area contributed by atoms with Crippen molar-refractivity contribution >= 4 is 35.0 Å². The van der Waals surface area contributed by atoms with E-state index in [0.29, 0.717) is 0 Å². The zero-order valence-electron chi connectivity index (χ0n) is 17.8. The number of benzene rings is 3. The minimum absolute atomic E-state index is 0.825. The number of fused-ring (bicyclic) bond motifs is 5. The van der Waals surface area contributed by atoms with Crippen LogP contribution < -0.4 is 15.8 Å². The molecule has 0 unspecified atom stereocenters. The second-order valence-corrected chi connectivity index (χ2v) is 8.78. The fourth-order valence-corrected chi connectivity index (χ4v) is 5.00. The average Bonchev–Trinajstić information content (AvgIpc) is 3.05. The van der Waals surface area contributed by atoms with Gasteiger partial charge in [0.15, 0.2) is 0 Å². The van der Waals surface area contributed by atoms with Gasteiger partial charge in [-0.25, -0.2) is 0 Å². The molecular weight excluding hydrogens is 398 g/mol. The fraction of sp³-hybridized carbons (Fsp3) is 0.172. The van der Waals surface area contributed by atoms with Crippen LogP contribution in [0, 0.1) is 10.4 Å². The van der Waals surface area contributed by atoms with E-state index in [0.717, 1.165) is 17.1 Å². The minimum Gasteiger partial charge on any atom is -0.361 e. The van der Waals surface area contributed by atoms with Crippen LogP contribution in [0.5, 0.6) is 0 Å². The highest BCUT2D eigenvalue weighted by atomic mass is 35.5. The van der Waals surface area contributed by atoms with Gasteiger partial charge in [-0.3, -0.25) is 0 Å². The van der Waals surface area contributed by atoms with E-state index in [1.165, 1.54) is 51.3 Å². The van der Waals surface area contributed by atoms with Crippen molar-refractivity contribution in [2.45, 2.75) is 32.6 Å². The standard InChI is InChI=1S/C19H17Cl.C10H9N/c1-12-3-2-4-17-15(12)9-10-18-16-8-6-14(20)11-13(16)5-7-19(17)18;1-2-7-10-9(5-1)6-3-4-8-11-10/h5-6,8-11H,2-4,7H2,1H3;1-8,11H. The highest BCUT2D eigenvalue weighted by Crippen LogP contribution is 2.21. The maximum absolute atomic E-state index is 6.11. The van der Waals surface area contributed by atoms with Gasteiger partial charge in [-0.1, -0.05) is 71.8 Å². The van der Waals surface area contributed by atoms with E-state index < -0.39 is 0 Å². The van der Waals surface area contributed by atoms with E-state index in [-0.39, 0.29) is 0 Å². The van der Waals surface area contributed by atoms with E-state index in [2.05, 4.69) is 60.8 Å².